The second kappa shape index (κ2) is 9.98. The lowest BCUT2D eigenvalue weighted by atomic mass is 10.2. The molecule has 1 heterocycles. The minimum atomic E-state index is -0.701. The number of rotatable bonds is 8. The van der Waals surface area contributed by atoms with Crippen molar-refractivity contribution in [1.82, 2.24) is 15.4 Å². The molecule has 0 aliphatic carbocycles. The van der Waals surface area contributed by atoms with Gasteiger partial charge in [0.1, 0.15) is 17.8 Å². The number of benzene rings is 2. The number of hydrazine groups is 1. The number of nitrogens with one attached hydrogen (secondary N) is 3. The Labute approximate surface area is 191 Å². The summed E-state index contributed by atoms with van der Waals surface area (Å²) < 4.78 is 10.4. The van der Waals surface area contributed by atoms with E-state index in [1.165, 1.54) is 38.5 Å². The molecule has 3 N–H and O–H groups in total. The predicted octanol–water partition coefficient (Wildman–Crippen LogP) is 4.21. The first-order chi connectivity index (χ1) is 15.3. The maximum Gasteiger partial charge on any atom is 0.355 e. The minimum Gasteiger partial charge on any atom is -0.495 e. The number of anilines is 3. The van der Waals surface area contributed by atoms with E-state index >= 15 is 0 Å². The van der Waals surface area contributed by atoms with Gasteiger partial charge in [-0.1, -0.05) is 29.3 Å². The first-order valence-electron chi connectivity index (χ1n) is 8.84. The smallest absolute Gasteiger partial charge is 0.355 e. The second-order valence-electron chi connectivity index (χ2n) is 6.08. The number of carbonyl (C=O) groups is 1. The highest BCUT2D eigenvalue weighted by atomic mass is 35.5. The summed E-state index contributed by atoms with van der Waals surface area (Å²) in [6, 6.07) is 9.17. The first-order valence-corrected chi connectivity index (χ1v) is 9.59. The zero-order valence-electron chi connectivity index (χ0n) is 16.7. The van der Waals surface area contributed by atoms with Crippen LogP contribution in [-0.2, 0) is 0 Å². The normalized spacial score (nSPS) is 10.2. The van der Waals surface area contributed by atoms with Crippen molar-refractivity contribution in [3.8, 4) is 11.5 Å². The van der Waals surface area contributed by atoms with E-state index < -0.39 is 16.5 Å². The second-order valence-corrected chi connectivity index (χ2v) is 6.92. The van der Waals surface area contributed by atoms with Gasteiger partial charge in [-0.15, -0.1) is 0 Å². The Morgan fingerprint density at radius 1 is 1.06 bits per heavy atom. The van der Waals surface area contributed by atoms with Gasteiger partial charge in [0, 0.05) is 16.7 Å². The fraction of sp³-hybridized carbons (Fsp3) is 0.105. The van der Waals surface area contributed by atoms with Crippen molar-refractivity contribution < 1.29 is 19.2 Å². The van der Waals surface area contributed by atoms with Crippen molar-refractivity contribution in [2.45, 2.75) is 0 Å². The number of hydrogen-bond donors (Lipinski definition) is 3. The molecule has 166 valence electrons. The lowest BCUT2D eigenvalue weighted by Crippen LogP contribution is -2.30. The van der Waals surface area contributed by atoms with E-state index in [1.54, 1.807) is 12.1 Å². The summed E-state index contributed by atoms with van der Waals surface area (Å²) in [6.07, 6.45) is 1.08. The maximum absolute atomic E-state index is 12.3. The molecule has 0 saturated heterocycles. The first kappa shape index (κ1) is 22.8. The number of ether oxygens (including phenoxy) is 2. The summed E-state index contributed by atoms with van der Waals surface area (Å²) >= 11 is 12.0. The van der Waals surface area contributed by atoms with Crippen LogP contribution < -0.4 is 25.6 Å². The standard InChI is InChI=1S/C19H16Cl2N6O5/c1-31-14-8-15(32-2)13(7-12(14)21)24-17-16(27(29)30)18(23-9-22-17)25-26-19(28)10-4-3-5-11(20)6-10/h3-9H,1-2H3,(H,26,28)(H2,22,23,24,25). The molecule has 0 fully saturated rings. The Morgan fingerprint density at radius 2 is 1.78 bits per heavy atom. The van der Waals surface area contributed by atoms with Gasteiger partial charge >= 0.3 is 5.69 Å². The van der Waals surface area contributed by atoms with Gasteiger partial charge in [-0.25, -0.2) is 9.97 Å². The largest absolute Gasteiger partial charge is 0.495 e. The van der Waals surface area contributed by atoms with Gasteiger partial charge in [0.2, 0.25) is 11.6 Å². The SMILES string of the molecule is COc1cc(OC)c(Nc2ncnc(NNC(=O)c3cccc(Cl)c3)c2[N+](=O)[O-])cc1Cl. The highest BCUT2D eigenvalue weighted by Crippen LogP contribution is 2.39. The lowest BCUT2D eigenvalue weighted by Gasteiger charge is -2.14. The Morgan fingerprint density at radius 3 is 2.44 bits per heavy atom. The van der Waals surface area contributed by atoms with Gasteiger partial charge < -0.3 is 14.8 Å². The van der Waals surface area contributed by atoms with Crippen LogP contribution in [0.4, 0.5) is 23.0 Å². The quantitative estimate of drug-likeness (QED) is 0.320. The molecular weight excluding hydrogens is 463 g/mol. The molecule has 13 heteroatoms. The molecule has 0 bridgehead atoms. The van der Waals surface area contributed by atoms with Crippen LogP contribution in [0, 0.1) is 10.1 Å². The number of carbonyl (C=O) groups excluding carboxylic acids is 1. The molecule has 0 radical (unpaired) electrons. The van der Waals surface area contributed by atoms with E-state index in [2.05, 4.69) is 26.1 Å². The van der Waals surface area contributed by atoms with Gasteiger partial charge in [0.15, 0.2) is 0 Å². The van der Waals surface area contributed by atoms with E-state index in [9.17, 15) is 14.9 Å². The molecule has 0 aliphatic heterocycles. The minimum absolute atomic E-state index is 0.163. The number of aromatic nitrogens is 2. The van der Waals surface area contributed by atoms with E-state index in [0.29, 0.717) is 22.2 Å². The molecule has 1 aromatic heterocycles. The summed E-state index contributed by atoms with van der Waals surface area (Å²) in [5.74, 6) is -0.315. The topological polar surface area (TPSA) is 141 Å². The van der Waals surface area contributed by atoms with Gasteiger partial charge in [-0.3, -0.25) is 25.8 Å². The Bertz CT molecular complexity index is 1180. The van der Waals surface area contributed by atoms with E-state index in [-0.39, 0.29) is 22.2 Å². The Balaban J connectivity index is 1.89. The highest BCUT2D eigenvalue weighted by Gasteiger charge is 2.25. The molecule has 2 aromatic carbocycles. The summed E-state index contributed by atoms with van der Waals surface area (Å²) in [5, 5.41) is 15.2. The molecule has 0 aliphatic rings. The van der Waals surface area contributed by atoms with Crippen LogP contribution in [-0.4, -0.2) is 35.0 Å². The van der Waals surface area contributed by atoms with Crippen LogP contribution in [0.15, 0.2) is 42.7 Å². The van der Waals surface area contributed by atoms with E-state index in [1.807, 2.05) is 0 Å². The van der Waals surface area contributed by atoms with Crippen molar-refractivity contribution in [2.24, 2.45) is 0 Å². The third-order valence-corrected chi connectivity index (χ3v) is 4.64. The van der Waals surface area contributed by atoms with Gasteiger partial charge in [0.05, 0.1) is 29.9 Å². The van der Waals surface area contributed by atoms with Gasteiger partial charge in [0.25, 0.3) is 5.91 Å². The van der Waals surface area contributed by atoms with Crippen LogP contribution >= 0.6 is 23.2 Å². The average molecular weight is 479 g/mol. The number of hydrogen-bond acceptors (Lipinski definition) is 9. The predicted molar refractivity (Wildman–Crippen MR) is 119 cm³/mol. The van der Waals surface area contributed by atoms with Crippen molar-refractivity contribution in [3.05, 3.63) is 68.4 Å². The van der Waals surface area contributed by atoms with E-state index in [0.717, 1.165) is 6.33 Å². The molecule has 3 aromatic rings. The monoisotopic (exact) mass is 478 g/mol. The lowest BCUT2D eigenvalue weighted by molar-refractivity contribution is -0.383. The number of nitro groups is 1. The van der Waals surface area contributed by atoms with Crippen LogP contribution in [0.1, 0.15) is 10.4 Å². The molecule has 0 unspecified atom stereocenters. The molecular formula is C19H16Cl2N6O5. The number of amides is 1. The van der Waals surface area contributed by atoms with Crippen molar-refractivity contribution >= 4 is 52.1 Å². The third-order valence-electron chi connectivity index (χ3n) is 4.11. The van der Waals surface area contributed by atoms with E-state index in [4.69, 9.17) is 32.7 Å². The summed E-state index contributed by atoms with van der Waals surface area (Å²) in [5.41, 5.74) is 4.81. The number of halogens is 2. The highest BCUT2D eigenvalue weighted by molar-refractivity contribution is 6.32. The zero-order chi connectivity index (χ0) is 23.3. The van der Waals surface area contributed by atoms with Crippen LogP contribution in [0.3, 0.4) is 0 Å². The maximum atomic E-state index is 12.3. The fourth-order valence-electron chi connectivity index (χ4n) is 2.64. The molecule has 0 atom stereocenters. The summed E-state index contributed by atoms with van der Waals surface area (Å²) in [6.45, 7) is 0. The van der Waals surface area contributed by atoms with Gasteiger partial charge in [-0.05, 0) is 24.3 Å². The average Bonchev–Trinajstić information content (AvgIpc) is 2.77. The summed E-state index contributed by atoms with van der Waals surface area (Å²) in [7, 11) is 2.86. The number of methoxy groups -OCH3 is 2. The molecule has 1 amide bonds. The van der Waals surface area contributed by atoms with Gasteiger partial charge in [-0.2, -0.15) is 0 Å². The Hall–Kier alpha value is -3.83. The van der Waals surface area contributed by atoms with Crippen LogP contribution in [0.2, 0.25) is 10.0 Å². The zero-order valence-corrected chi connectivity index (χ0v) is 18.2. The molecule has 3 rings (SSSR count). The van der Waals surface area contributed by atoms with Crippen molar-refractivity contribution in [2.75, 3.05) is 25.0 Å². The molecule has 11 nitrogen and oxygen atoms in total. The molecule has 0 saturated carbocycles. The van der Waals surface area contributed by atoms with Crippen LogP contribution in [0.5, 0.6) is 11.5 Å². The Kier molecular flexibility index (Phi) is 7.13. The fourth-order valence-corrected chi connectivity index (χ4v) is 3.07. The third kappa shape index (κ3) is 5.07. The summed E-state index contributed by atoms with van der Waals surface area (Å²) in [4.78, 5) is 31.1. The number of nitrogens with zero attached hydrogens (tertiary/aromatic N) is 3. The van der Waals surface area contributed by atoms with Crippen molar-refractivity contribution in [1.29, 1.82) is 0 Å². The molecule has 32 heavy (non-hydrogen) atoms. The van der Waals surface area contributed by atoms with Crippen LogP contribution in [0.25, 0.3) is 0 Å². The van der Waals surface area contributed by atoms with Crippen molar-refractivity contribution in [3.63, 3.8) is 0 Å². The molecule has 0 spiro atoms.